The summed E-state index contributed by atoms with van der Waals surface area (Å²) in [6.07, 6.45) is 23.2. The van der Waals surface area contributed by atoms with E-state index in [0.717, 1.165) is 12.8 Å². The Balaban J connectivity index is 1.28. The molecule has 9 rings (SSSR count). The van der Waals surface area contributed by atoms with Gasteiger partial charge >= 0.3 is 0 Å². The van der Waals surface area contributed by atoms with Crippen LogP contribution in [-0.2, 0) is 0 Å². The second kappa shape index (κ2) is 10.8. The number of aromatic nitrogens is 1. The third-order valence-electron chi connectivity index (χ3n) is 10.6. The Labute approximate surface area is 271 Å². The second-order valence-electron chi connectivity index (χ2n) is 13.3. The summed E-state index contributed by atoms with van der Waals surface area (Å²) in [7, 11) is 0. The smallest absolute Gasteiger partial charge is 0.0698 e. The lowest BCUT2D eigenvalue weighted by atomic mass is 9.78. The Morgan fingerprint density at radius 3 is 2.50 bits per heavy atom. The Hall–Kier alpha value is -5.08. The number of benzene rings is 4. The molecule has 3 aliphatic carbocycles. The number of hydrogen-bond donors (Lipinski definition) is 0. The number of aryl methyl sites for hydroxylation is 1. The van der Waals surface area contributed by atoms with Gasteiger partial charge in [0.1, 0.15) is 0 Å². The van der Waals surface area contributed by atoms with E-state index < -0.39 is 0 Å². The van der Waals surface area contributed by atoms with Gasteiger partial charge in [0.2, 0.25) is 0 Å². The largest absolute Gasteiger partial charge is 0.333 e. The summed E-state index contributed by atoms with van der Waals surface area (Å²) in [6.45, 7) is 4.54. The van der Waals surface area contributed by atoms with Crippen molar-refractivity contribution in [2.45, 2.75) is 44.7 Å². The van der Waals surface area contributed by atoms with Gasteiger partial charge in [-0.05, 0) is 77.8 Å². The first-order chi connectivity index (χ1) is 22.7. The van der Waals surface area contributed by atoms with Crippen LogP contribution in [0.2, 0.25) is 0 Å². The Morgan fingerprint density at radius 2 is 1.59 bits per heavy atom. The number of nitrogens with zero attached hydrogens (tertiary/aromatic N) is 2. The molecule has 4 aromatic carbocycles. The van der Waals surface area contributed by atoms with Gasteiger partial charge in [-0.1, -0.05) is 128 Å². The predicted octanol–water partition coefficient (Wildman–Crippen LogP) is 11.3. The van der Waals surface area contributed by atoms with Crippen molar-refractivity contribution in [3.8, 4) is 0 Å². The van der Waals surface area contributed by atoms with Crippen molar-refractivity contribution in [2.24, 2.45) is 5.92 Å². The molecule has 4 aliphatic rings. The fraction of sp³-hybridized carbons (Fsp3) is 0.182. The fourth-order valence-corrected chi connectivity index (χ4v) is 8.57. The van der Waals surface area contributed by atoms with Gasteiger partial charge in [0.15, 0.2) is 0 Å². The summed E-state index contributed by atoms with van der Waals surface area (Å²) in [4.78, 5) is 2.61. The quantitative estimate of drug-likeness (QED) is 0.201. The maximum atomic E-state index is 2.63. The number of hydrogen-bond acceptors (Lipinski definition) is 1. The molecule has 2 heterocycles. The zero-order chi connectivity index (χ0) is 30.8. The molecule has 4 atom stereocenters. The van der Waals surface area contributed by atoms with Crippen LogP contribution >= 0.6 is 0 Å². The zero-order valence-corrected chi connectivity index (χ0v) is 26.5. The van der Waals surface area contributed by atoms with Gasteiger partial charge < -0.3 is 9.47 Å². The van der Waals surface area contributed by atoms with Gasteiger partial charge in [-0.15, -0.1) is 0 Å². The van der Waals surface area contributed by atoms with E-state index in [4.69, 9.17) is 0 Å². The van der Waals surface area contributed by atoms with Crippen LogP contribution in [0.4, 0.5) is 11.4 Å². The molecule has 1 aromatic heterocycles. The van der Waals surface area contributed by atoms with E-state index in [0.29, 0.717) is 11.8 Å². The molecule has 0 fully saturated rings. The highest BCUT2D eigenvalue weighted by Crippen LogP contribution is 2.53. The van der Waals surface area contributed by atoms with Crippen LogP contribution in [0.15, 0.2) is 157 Å². The maximum Gasteiger partial charge on any atom is 0.0698 e. The molecule has 2 nitrogen and oxygen atoms in total. The van der Waals surface area contributed by atoms with Crippen LogP contribution in [0.3, 0.4) is 0 Å². The summed E-state index contributed by atoms with van der Waals surface area (Å²) in [6, 6.07) is 34.5. The molecule has 1 aliphatic heterocycles. The molecule has 0 N–H and O–H groups in total. The van der Waals surface area contributed by atoms with Crippen molar-refractivity contribution < 1.29 is 0 Å². The molecular formula is C44H38N2. The molecule has 0 amide bonds. The van der Waals surface area contributed by atoms with Crippen molar-refractivity contribution >= 4 is 38.8 Å². The van der Waals surface area contributed by atoms with Crippen LogP contribution < -0.4 is 4.90 Å². The number of para-hydroxylation sites is 3. The predicted molar refractivity (Wildman–Crippen MR) is 195 cm³/mol. The first-order valence-corrected chi connectivity index (χ1v) is 16.8. The molecule has 46 heavy (non-hydrogen) atoms. The molecule has 4 unspecified atom stereocenters. The molecule has 0 bridgehead atoms. The molecule has 2 heteroatoms. The van der Waals surface area contributed by atoms with E-state index in [-0.39, 0.29) is 12.1 Å². The third-order valence-corrected chi connectivity index (χ3v) is 10.6. The van der Waals surface area contributed by atoms with E-state index >= 15 is 0 Å². The van der Waals surface area contributed by atoms with E-state index in [2.05, 4.69) is 169 Å². The van der Waals surface area contributed by atoms with Crippen molar-refractivity contribution in [1.29, 1.82) is 0 Å². The highest BCUT2D eigenvalue weighted by Gasteiger charge is 2.42. The average molecular weight is 595 g/mol. The van der Waals surface area contributed by atoms with Crippen molar-refractivity contribution in [3.05, 3.63) is 174 Å². The van der Waals surface area contributed by atoms with Crippen molar-refractivity contribution in [3.63, 3.8) is 0 Å². The average Bonchev–Trinajstić information content (AvgIpc) is 3.62. The van der Waals surface area contributed by atoms with Gasteiger partial charge in [0, 0.05) is 39.1 Å². The molecule has 224 valence electrons. The fourth-order valence-electron chi connectivity index (χ4n) is 8.57. The minimum absolute atomic E-state index is 0.206. The van der Waals surface area contributed by atoms with E-state index in [1.807, 2.05) is 0 Å². The maximum absolute atomic E-state index is 2.63. The lowest BCUT2D eigenvalue weighted by Gasteiger charge is -2.36. The van der Waals surface area contributed by atoms with Crippen LogP contribution in [-0.4, -0.2) is 10.6 Å². The van der Waals surface area contributed by atoms with Crippen LogP contribution in [0.25, 0.3) is 27.4 Å². The van der Waals surface area contributed by atoms with Gasteiger partial charge in [-0.25, -0.2) is 0 Å². The van der Waals surface area contributed by atoms with Gasteiger partial charge in [-0.3, -0.25) is 0 Å². The topological polar surface area (TPSA) is 8.17 Å². The van der Waals surface area contributed by atoms with Gasteiger partial charge in [-0.2, -0.15) is 0 Å². The van der Waals surface area contributed by atoms with Crippen LogP contribution in [0.1, 0.15) is 48.4 Å². The zero-order valence-electron chi connectivity index (χ0n) is 26.5. The number of fused-ring (bicyclic) bond motifs is 6. The SMILES string of the molecule is Cc1cccc(N2c3ccccc3C3C=CC=C(C4=C(c5cccc6c7ccccc7n(C7C=CC=CC7C)c56)C=CCC4)C32)c1. The van der Waals surface area contributed by atoms with Crippen molar-refractivity contribution in [2.75, 3.05) is 4.90 Å². The minimum Gasteiger partial charge on any atom is -0.333 e. The first-order valence-electron chi connectivity index (χ1n) is 16.8. The van der Waals surface area contributed by atoms with E-state index in [1.165, 1.54) is 66.6 Å². The summed E-state index contributed by atoms with van der Waals surface area (Å²) in [5.74, 6) is 0.706. The molecule has 0 saturated heterocycles. The second-order valence-corrected chi connectivity index (χ2v) is 13.3. The summed E-state index contributed by atoms with van der Waals surface area (Å²) >= 11 is 0. The standard InChI is InChI=1S/C44H38N2/c1-29-14-11-16-31(28-29)45-41-26-9-6-19-34(41)38-23-12-21-36(43(38)45)32-17-4-5-18-33(32)37-22-13-24-39-35-20-7-10-27-42(35)46(44(37)39)40-25-8-3-15-30(40)2/h3,5-16,18-28,30,38,40,43H,4,17H2,1-2H3. The number of allylic oxidation sites excluding steroid dienone is 9. The van der Waals surface area contributed by atoms with Crippen molar-refractivity contribution in [1.82, 2.24) is 4.57 Å². The van der Waals surface area contributed by atoms with Gasteiger partial charge in [0.25, 0.3) is 0 Å². The monoisotopic (exact) mass is 594 g/mol. The van der Waals surface area contributed by atoms with Crippen LogP contribution in [0.5, 0.6) is 0 Å². The first kappa shape index (κ1) is 27.2. The number of rotatable bonds is 4. The molecule has 5 aromatic rings. The highest BCUT2D eigenvalue weighted by atomic mass is 15.2. The minimum atomic E-state index is 0.206. The lowest BCUT2D eigenvalue weighted by molar-refractivity contribution is 0.510. The number of anilines is 2. The molecule has 0 saturated carbocycles. The van der Waals surface area contributed by atoms with E-state index in [1.54, 1.807) is 0 Å². The summed E-state index contributed by atoms with van der Waals surface area (Å²) in [5.41, 5.74) is 13.6. The third kappa shape index (κ3) is 4.09. The van der Waals surface area contributed by atoms with Gasteiger partial charge in [0.05, 0.1) is 17.6 Å². The Kier molecular flexibility index (Phi) is 6.38. The molecule has 0 spiro atoms. The molecule has 0 radical (unpaired) electrons. The van der Waals surface area contributed by atoms with E-state index in [9.17, 15) is 0 Å². The summed E-state index contributed by atoms with van der Waals surface area (Å²) < 4.78 is 2.63. The lowest BCUT2D eigenvalue weighted by Crippen LogP contribution is -2.34. The summed E-state index contributed by atoms with van der Waals surface area (Å²) in [5, 5.41) is 2.66. The Morgan fingerprint density at radius 1 is 0.761 bits per heavy atom. The highest BCUT2D eigenvalue weighted by molar-refractivity contribution is 6.12. The normalized spacial score (nSPS) is 23.3. The molecular weight excluding hydrogens is 556 g/mol. The van der Waals surface area contributed by atoms with Crippen LogP contribution in [0, 0.1) is 12.8 Å². The Bertz CT molecular complexity index is 2210.